The Labute approximate surface area is 181 Å². The number of rotatable bonds is 5. The van der Waals surface area contributed by atoms with Crippen LogP contribution in [0.3, 0.4) is 0 Å². The van der Waals surface area contributed by atoms with Crippen LogP contribution in [0.4, 0.5) is 10.1 Å². The third kappa shape index (κ3) is 3.83. The first-order valence-corrected chi connectivity index (χ1v) is 9.51. The SMILES string of the molecule is C/C(N)=C(/C=N)c1cnc2nc(-c3cc(NC(=O)c4oc(C)nc4C)ccc3F)nn2c1. The number of benzene rings is 1. The number of anilines is 1. The van der Waals surface area contributed by atoms with Gasteiger partial charge in [-0.2, -0.15) is 4.98 Å². The molecule has 1 aromatic carbocycles. The standard InChI is InChI=1S/C21H19FN8O2/c1-10(24)16(7-23)13-8-25-21-28-19(29-30(21)9-13)15-6-14(4-5-17(15)22)27-20(31)18-11(2)26-12(3)32-18/h4-9,23H,24H2,1-3H3,(H,27,31)/b16-10+,23-7?. The van der Waals surface area contributed by atoms with Gasteiger partial charge >= 0.3 is 0 Å². The van der Waals surface area contributed by atoms with Crippen molar-refractivity contribution in [2.24, 2.45) is 5.73 Å². The summed E-state index contributed by atoms with van der Waals surface area (Å²) in [4.78, 5) is 25.0. The van der Waals surface area contributed by atoms with E-state index < -0.39 is 11.7 Å². The number of nitrogens with one attached hydrogen (secondary N) is 2. The molecule has 0 aliphatic rings. The third-order valence-corrected chi connectivity index (χ3v) is 4.65. The molecule has 1 amide bonds. The molecule has 0 unspecified atom stereocenters. The van der Waals surface area contributed by atoms with E-state index in [0.717, 1.165) is 6.21 Å². The highest BCUT2D eigenvalue weighted by Crippen LogP contribution is 2.25. The Morgan fingerprint density at radius 2 is 2.09 bits per heavy atom. The zero-order valence-corrected chi connectivity index (χ0v) is 17.5. The van der Waals surface area contributed by atoms with Crippen LogP contribution in [0.2, 0.25) is 0 Å². The number of allylic oxidation sites excluding steroid dienone is 2. The van der Waals surface area contributed by atoms with Gasteiger partial charge in [-0.15, -0.1) is 5.10 Å². The van der Waals surface area contributed by atoms with E-state index >= 15 is 0 Å². The summed E-state index contributed by atoms with van der Waals surface area (Å²) < 4.78 is 21.3. The van der Waals surface area contributed by atoms with Crippen LogP contribution in [0.25, 0.3) is 22.7 Å². The number of hydrogen-bond acceptors (Lipinski definition) is 8. The summed E-state index contributed by atoms with van der Waals surface area (Å²) in [6, 6.07) is 4.06. The Balaban J connectivity index is 1.69. The summed E-state index contributed by atoms with van der Waals surface area (Å²) in [5.41, 5.74) is 8.20. The molecule has 0 aliphatic heterocycles. The number of carbonyl (C=O) groups is 1. The number of hydrogen-bond donors (Lipinski definition) is 3. The van der Waals surface area contributed by atoms with Gasteiger partial charge in [0.15, 0.2) is 11.7 Å². The van der Waals surface area contributed by atoms with Crippen LogP contribution < -0.4 is 11.1 Å². The average molecular weight is 434 g/mol. The molecule has 4 aromatic rings. The van der Waals surface area contributed by atoms with Crippen molar-refractivity contribution in [1.82, 2.24) is 24.6 Å². The predicted molar refractivity (Wildman–Crippen MR) is 116 cm³/mol. The average Bonchev–Trinajstić information content (AvgIpc) is 3.31. The van der Waals surface area contributed by atoms with Crippen LogP contribution in [0.1, 0.15) is 34.6 Å². The Bertz CT molecular complexity index is 1400. The van der Waals surface area contributed by atoms with Crippen molar-refractivity contribution in [2.75, 3.05) is 5.32 Å². The Hall–Kier alpha value is -4.41. The number of nitrogens with two attached hydrogens (primary N) is 1. The van der Waals surface area contributed by atoms with E-state index in [2.05, 4.69) is 25.4 Å². The van der Waals surface area contributed by atoms with Gasteiger partial charge in [0.2, 0.25) is 5.76 Å². The Kier molecular flexibility index (Phi) is 5.23. The van der Waals surface area contributed by atoms with Gasteiger partial charge in [-0.3, -0.25) is 4.79 Å². The minimum atomic E-state index is -0.566. The van der Waals surface area contributed by atoms with Gasteiger partial charge in [0, 0.05) is 48.1 Å². The number of aromatic nitrogens is 5. The fourth-order valence-corrected chi connectivity index (χ4v) is 3.16. The van der Waals surface area contributed by atoms with E-state index in [4.69, 9.17) is 15.6 Å². The van der Waals surface area contributed by atoms with Crippen LogP contribution in [0.5, 0.6) is 0 Å². The molecule has 11 heteroatoms. The molecule has 0 aliphatic carbocycles. The number of oxazole rings is 1. The Morgan fingerprint density at radius 1 is 1.31 bits per heavy atom. The molecule has 0 bridgehead atoms. The third-order valence-electron chi connectivity index (χ3n) is 4.65. The number of aryl methyl sites for hydroxylation is 2. The lowest BCUT2D eigenvalue weighted by molar-refractivity contribution is 0.0994. The van der Waals surface area contributed by atoms with Crippen molar-refractivity contribution in [2.45, 2.75) is 20.8 Å². The first-order valence-electron chi connectivity index (χ1n) is 9.51. The van der Waals surface area contributed by atoms with Crippen molar-refractivity contribution in [1.29, 1.82) is 5.41 Å². The maximum atomic E-state index is 14.6. The van der Waals surface area contributed by atoms with Gasteiger partial charge in [0.1, 0.15) is 5.82 Å². The molecule has 3 aromatic heterocycles. The predicted octanol–water partition coefficient (Wildman–Crippen LogP) is 3.13. The molecule has 3 heterocycles. The molecule has 4 rings (SSSR count). The van der Waals surface area contributed by atoms with E-state index in [-0.39, 0.29) is 22.9 Å². The van der Waals surface area contributed by atoms with E-state index in [1.54, 1.807) is 27.0 Å². The van der Waals surface area contributed by atoms with E-state index in [1.165, 1.54) is 28.9 Å². The Morgan fingerprint density at radius 3 is 2.75 bits per heavy atom. The van der Waals surface area contributed by atoms with Crippen LogP contribution in [0.15, 0.2) is 40.7 Å². The van der Waals surface area contributed by atoms with Gasteiger partial charge in [-0.1, -0.05) is 0 Å². The van der Waals surface area contributed by atoms with Crippen LogP contribution in [-0.2, 0) is 0 Å². The zero-order valence-electron chi connectivity index (χ0n) is 17.5. The van der Waals surface area contributed by atoms with Gasteiger partial charge in [-0.05, 0) is 32.0 Å². The summed E-state index contributed by atoms with van der Waals surface area (Å²) >= 11 is 0. The first-order chi connectivity index (χ1) is 15.3. The normalized spacial score (nSPS) is 12.0. The molecule has 0 fully saturated rings. The lowest BCUT2D eigenvalue weighted by atomic mass is 10.1. The maximum absolute atomic E-state index is 14.6. The minimum Gasteiger partial charge on any atom is -0.436 e. The highest BCUT2D eigenvalue weighted by molar-refractivity contribution is 6.09. The van der Waals surface area contributed by atoms with E-state index in [9.17, 15) is 9.18 Å². The molecular formula is C21H19FN8O2. The number of amides is 1. The fourth-order valence-electron chi connectivity index (χ4n) is 3.16. The second kappa shape index (κ2) is 8.02. The molecule has 0 spiro atoms. The maximum Gasteiger partial charge on any atom is 0.293 e. The van der Waals surface area contributed by atoms with Gasteiger partial charge in [0.05, 0.1) is 11.3 Å². The topological polar surface area (TPSA) is 148 Å². The van der Waals surface area contributed by atoms with Crippen LogP contribution >= 0.6 is 0 Å². The molecule has 4 N–H and O–H groups in total. The minimum absolute atomic E-state index is 0.0816. The van der Waals surface area contributed by atoms with Crippen LogP contribution in [0, 0.1) is 25.1 Å². The van der Waals surface area contributed by atoms with Gasteiger partial charge in [-0.25, -0.2) is 18.9 Å². The zero-order chi connectivity index (χ0) is 23.0. The molecule has 0 atom stereocenters. The molecule has 0 radical (unpaired) electrons. The van der Waals surface area contributed by atoms with Crippen molar-refractivity contribution >= 4 is 29.2 Å². The van der Waals surface area contributed by atoms with Gasteiger partial charge in [0.25, 0.3) is 11.7 Å². The smallest absolute Gasteiger partial charge is 0.293 e. The molecule has 32 heavy (non-hydrogen) atoms. The fraction of sp³-hybridized carbons (Fsp3) is 0.143. The molecule has 0 saturated carbocycles. The van der Waals surface area contributed by atoms with Crippen LogP contribution in [-0.4, -0.2) is 36.7 Å². The van der Waals surface area contributed by atoms with E-state index in [0.29, 0.717) is 34.1 Å². The van der Waals surface area contributed by atoms with Gasteiger partial charge < -0.3 is 20.9 Å². The molecule has 0 saturated heterocycles. The highest BCUT2D eigenvalue weighted by Gasteiger charge is 2.18. The second-order valence-electron chi connectivity index (χ2n) is 7.06. The molecule has 10 nitrogen and oxygen atoms in total. The number of nitrogens with zero attached hydrogens (tertiary/aromatic N) is 5. The number of halogens is 1. The lowest BCUT2D eigenvalue weighted by Crippen LogP contribution is -2.12. The van der Waals surface area contributed by atoms with E-state index in [1.807, 2.05) is 0 Å². The lowest BCUT2D eigenvalue weighted by Gasteiger charge is -2.06. The summed E-state index contributed by atoms with van der Waals surface area (Å²) in [5, 5.41) is 14.5. The number of carbonyl (C=O) groups excluding carboxylic acids is 1. The van der Waals surface area contributed by atoms with Crippen molar-refractivity contribution in [3.63, 3.8) is 0 Å². The molecular weight excluding hydrogens is 415 g/mol. The quantitative estimate of drug-likeness (QED) is 0.409. The largest absolute Gasteiger partial charge is 0.436 e. The summed E-state index contributed by atoms with van der Waals surface area (Å²) in [5.74, 6) is -0.286. The number of fused-ring (bicyclic) bond motifs is 1. The summed E-state index contributed by atoms with van der Waals surface area (Å²) in [6.07, 6.45) is 4.24. The van der Waals surface area contributed by atoms with Crippen molar-refractivity contribution in [3.05, 3.63) is 65.0 Å². The molecule has 162 valence electrons. The summed E-state index contributed by atoms with van der Waals surface area (Å²) in [7, 11) is 0. The highest BCUT2D eigenvalue weighted by atomic mass is 19.1. The van der Waals surface area contributed by atoms with Crippen molar-refractivity contribution < 1.29 is 13.6 Å². The summed E-state index contributed by atoms with van der Waals surface area (Å²) in [6.45, 7) is 4.98. The first kappa shape index (κ1) is 20.8. The van der Waals surface area contributed by atoms with Crippen molar-refractivity contribution in [3.8, 4) is 11.4 Å². The second-order valence-corrected chi connectivity index (χ2v) is 7.06. The monoisotopic (exact) mass is 434 g/mol.